The van der Waals surface area contributed by atoms with E-state index < -0.39 is 27.1 Å². The van der Waals surface area contributed by atoms with Crippen LogP contribution in [0.2, 0.25) is 10.0 Å². The van der Waals surface area contributed by atoms with Gasteiger partial charge in [0.15, 0.2) is 0 Å². The van der Waals surface area contributed by atoms with Crippen LogP contribution in [-0.4, -0.2) is 28.1 Å². The van der Waals surface area contributed by atoms with Crippen LogP contribution in [0.3, 0.4) is 0 Å². The zero-order chi connectivity index (χ0) is 20.0. The molecular formula is C16H13Cl2N3O5S. The Morgan fingerprint density at radius 3 is 2.19 bits per heavy atom. The van der Waals surface area contributed by atoms with Gasteiger partial charge < -0.3 is 5.32 Å². The molecule has 8 nitrogen and oxygen atoms in total. The molecular weight excluding hydrogens is 417 g/mol. The van der Waals surface area contributed by atoms with E-state index in [9.17, 15) is 25.0 Å². The molecule has 0 saturated heterocycles. The van der Waals surface area contributed by atoms with Crippen molar-refractivity contribution < 1.29 is 14.6 Å². The fraction of sp³-hybridized carbons (Fsp3) is 0.188. The smallest absolute Gasteiger partial charge is 0.277 e. The summed E-state index contributed by atoms with van der Waals surface area (Å²) in [6.45, 7) is 0.293. The number of nitro groups is 2. The summed E-state index contributed by atoms with van der Waals surface area (Å²) in [5, 5.41) is 25.2. The minimum atomic E-state index is -0.781. The standard InChI is InChI=1S/C16H13Cl2N3O5S/c17-14-2-1-10(5-15(14)18)9-27-4-3-19-16(22)11-6-12(20(23)24)8-13(7-11)21(25)26/h1-2,5-8H,3-4,9H2,(H,19,22). The van der Waals surface area contributed by atoms with Crippen LogP contribution < -0.4 is 5.32 Å². The van der Waals surface area contributed by atoms with Gasteiger partial charge in [-0.15, -0.1) is 0 Å². The summed E-state index contributed by atoms with van der Waals surface area (Å²) in [4.78, 5) is 32.3. The highest BCUT2D eigenvalue weighted by Crippen LogP contribution is 2.25. The third kappa shape index (κ3) is 6.09. The zero-order valence-corrected chi connectivity index (χ0v) is 16.0. The number of hydrogen-bond donors (Lipinski definition) is 1. The van der Waals surface area contributed by atoms with Gasteiger partial charge in [-0.05, 0) is 17.7 Å². The molecule has 0 atom stereocenters. The molecule has 0 aliphatic rings. The van der Waals surface area contributed by atoms with Crippen molar-refractivity contribution in [3.05, 3.63) is 77.8 Å². The number of nitro benzene ring substituents is 2. The molecule has 0 fully saturated rings. The first kappa shape index (κ1) is 20.9. The maximum Gasteiger partial charge on any atom is 0.277 e. The first-order valence-electron chi connectivity index (χ1n) is 7.51. The Bertz CT molecular complexity index is 862. The first-order valence-corrected chi connectivity index (χ1v) is 9.42. The number of carbonyl (C=O) groups is 1. The molecule has 0 aliphatic heterocycles. The van der Waals surface area contributed by atoms with Crippen molar-refractivity contribution in [2.24, 2.45) is 0 Å². The van der Waals surface area contributed by atoms with Gasteiger partial charge in [-0.25, -0.2) is 0 Å². The number of nitrogens with one attached hydrogen (secondary N) is 1. The van der Waals surface area contributed by atoms with E-state index >= 15 is 0 Å². The third-order valence-electron chi connectivity index (χ3n) is 3.37. The first-order chi connectivity index (χ1) is 12.8. The van der Waals surface area contributed by atoms with Crippen molar-refractivity contribution in [2.45, 2.75) is 5.75 Å². The molecule has 0 unspecified atom stereocenters. The second-order valence-electron chi connectivity index (χ2n) is 5.31. The van der Waals surface area contributed by atoms with Crippen LogP contribution in [0.4, 0.5) is 11.4 Å². The van der Waals surface area contributed by atoms with Crippen molar-refractivity contribution in [1.82, 2.24) is 5.32 Å². The van der Waals surface area contributed by atoms with Crippen LogP contribution in [0.1, 0.15) is 15.9 Å². The highest BCUT2D eigenvalue weighted by molar-refractivity contribution is 7.98. The summed E-state index contributed by atoms with van der Waals surface area (Å²) < 4.78 is 0. The number of halogens is 2. The molecule has 2 rings (SSSR count). The van der Waals surface area contributed by atoms with E-state index in [0.29, 0.717) is 28.1 Å². The van der Waals surface area contributed by atoms with Gasteiger partial charge in [0.25, 0.3) is 17.3 Å². The topological polar surface area (TPSA) is 115 Å². The van der Waals surface area contributed by atoms with Gasteiger partial charge >= 0.3 is 0 Å². The molecule has 142 valence electrons. The van der Waals surface area contributed by atoms with Gasteiger partial charge in [0.1, 0.15) is 0 Å². The molecule has 0 aliphatic carbocycles. The van der Waals surface area contributed by atoms with Crippen molar-refractivity contribution in [1.29, 1.82) is 0 Å². The molecule has 11 heteroatoms. The highest BCUT2D eigenvalue weighted by atomic mass is 35.5. The average molecular weight is 430 g/mol. The summed E-state index contributed by atoms with van der Waals surface area (Å²) in [5.74, 6) is 0.620. The largest absolute Gasteiger partial charge is 0.351 e. The van der Waals surface area contributed by atoms with Crippen LogP contribution in [0.25, 0.3) is 0 Å². The van der Waals surface area contributed by atoms with E-state index in [1.807, 2.05) is 6.07 Å². The van der Waals surface area contributed by atoms with Gasteiger partial charge in [0.2, 0.25) is 0 Å². The highest BCUT2D eigenvalue weighted by Gasteiger charge is 2.19. The molecule has 2 aromatic rings. The molecule has 27 heavy (non-hydrogen) atoms. The Morgan fingerprint density at radius 2 is 1.63 bits per heavy atom. The lowest BCUT2D eigenvalue weighted by Gasteiger charge is -2.06. The molecule has 0 spiro atoms. The number of amides is 1. The molecule has 0 heterocycles. The Hall–Kier alpha value is -2.36. The van der Waals surface area contributed by atoms with Crippen LogP contribution in [-0.2, 0) is 5.75 Å². The van der Waals surface area contributed by atoms with Gasteiger partial charge in [-0.3, -0.25) is 25.0 Å². The minimum Gasteiger partial charge on any atom is -0.351 e. The minimum absolute atomic E-state index is 0.134. The van der Waals surface area contributed by atoms with E-state index in [1.165, 1.54) is 0 Å². The quantitative estimate of drug-likeness (QED) is 0.375. The number of rotatable bonds is 8. The summed E-state index contributed by atoms with van der Waals surface area (Å²) in [6, 6.07) is 8.14. The summed E-state index contributed by atoms with van der Waals surface area (Å²) in [5.41, 5.74) is -0.174. The second kappa shape index (κ2) is 9.54. The predicted octanol–water partition coefficient (Wildman–Crippen LogP) is 4.47. The van der Waals surface area contributed by atoms with Crippen molar-refractivity contribution >= 4 is 52.2 Å². The van der Waals surface area contributed by atoms with E-state index in [-0.39, 0.29) is 5.56 Å². The summed E-state index contributed by atoms with van der Waals surface area (Å²) >= 11 is 13.3. The molecule has 2 aromatic carbocycles. The second-order valence-corrected chi connectivity index (χ2v) is 7.23. The number of carbonyl (C=O) groups excluding carboxylic acids is 1. The Balaban J connectivity index is 1.89. The monoisotopic (exact) mass is 429 g/mol. The number of hydrogen-bond acceptors (Lipinski definition) is 6. The zero-order valence-electron chi connectivity index (χ0n) is 13.7. The predicted molar refractivity (Wildman–Crippen MR) is 105 cm³/mol. The Kier molecular flexibility index (Phi) is 7.40. The van der Waals surface area contributed by atoms with Crippen LogP contribution in [0.15, 0.2) is 36.4 Å². The molecule has 0 bridgehead atoms. The van der Waals surface area contributed by atoms with E-state index in [2.05, 4.69) is 5.32 Å². The fourth-order valence-corrected chi connectivity index (χ4v) is 3.22. The van der Waals surface area contributed by atoms with Gasteiger partial charge in [0.05, 0.1) is 31.5 Å². The van der Waals surface area contributed by atoms with Crippen molar-refractivity contribution in [2.75, 3.05) is 12.3 Å². The lowest BCUT2D eigenvalue weighted by atomic mass is 10.1. The maximum absolute atomic E-state index is 12.1. The van der Waals surface area contributed by atoms with Crippen LogP contribution in [0.5, 0.6) is 0 Å². The van der Waals surface area contributed by atoms with Gasteiger partial charge in [-0.2, -0.15) is 11.8 Å². The summed E-state index contributed by atoms with van der Waals surface area (Å²) in [6.07, 6.45) is 0. The molecule has 1 N–H and O–H groups in total. The number of thioether (sulfide) groups is 1. The van der Waals surface area contributed by atoms with E-state index in [0.717, 1.165) is 23.8 Å². The van der Waals surface area contributed by atoms with Crippen molar-refractivity contribution in [3.8, 4) is 0 Å². The molecule has 0 saturated carbocycles. The summed E-state index contributed by atoms with van der Waals surface area (Å²) in [7, 11) is 0. The Labute approximate surface area is 168 Å². The number of benzene rings is 2. The number of nitrogens with zero attached hydrogens (tertiary/aromatic N) is 2. The Morgan fingerprint density at radius 1 is 1.00 bits per heavy atom. The third-order valence-corrected chi connectivity index (χ3v) is 5.14. The molecule has 0 aromatic heterocycles. The van der Waals surface area contributed by atoms with E-state index in [1.54, 1.807) is 23.9 Å². The van der Waals surface area contributed by atoms with Crippen LogP contribution >= 0.6 is 35.0 Å². The lowest BCUT2D eigenvalue weighted by molar-refractivity contribution is -0.394. The van der Waals surface area contributed by atoms with Gasteiger partial charge in [0, 0.05) is 30.2 Å². The van der Waals surface area contributed by atoms with Crippen molar-refractivity contribution in [3.63, 3.8) is 0 Å². The normalized spacial score (nSPS) is 10.4. The van der Waals surface area contributed by atoms with E-state index in [4.69, 9.17) is 23.2 Å². The van der Waals surface area contributed by atoms with Gasteiger partial charge in [-0.1, -0.05) is 29.3 Å². The average Bonchev–Trinajstić information content (AvgIpc) is 2.63. The fourth-order valence-electron chi connectivity index (χ4n) is 2.10. The maximum atomic E-state index is 12.1. The van der Waals surface area contributed by atoms with Crippen LogP contribution in [0, 0.1) is 20.2 Å². The molecule has 0 radical (unpaired) electrons. The SMILES string of the molecule is O=C(NCCSCc1ccc(Cl)c(Cl)c1)c1cc([N+](=O)[O-])cc([N+](=O)[O-])c1. The number of non-ortho nitro benzene ring substituents is 2. The molecule has 1 amide bonds. The lowest BCUT2D eigenvalue weighted by Crippen LogP contribution is -2.25.